The maximum absolute atomic E-state index is 11.3. The number of nitrogens with one attached hydrogen (secondary N) is 1. The van der Waals surface area contributed by atoms with Gasteiger partial charge >= 0.3 is 0 Å². The number of hydrogen-bond donors (Lipinski definition) is 1. The fourth-order valence-corrected chi connectivity index (χ4v) is 1.84. The van der Waals surface area contributed by atoms with E-state index in [0.717, 1.165) is 23.9 Å². The van der Waals surface area contributed by atoms with Gasteiger partial charge in [-0.05, 0) is 13.3 Å². The van der Waals surface area contributed by atoms with Gasteiger partial charge in [-0.2, -0.15) is 5.10 Å². The van der Waals surface area contributed by atoms with Crippen LogP contribution in [0.2, 0.25) is 0 Å². The summed E-state index contributed by atoms with van der Waals surface area (Å²) >= 11 is 1.06. The standard InChI is InChI=1S/C9H13N3O3S/c1-3-5(2)11-12-9-10-8(15)6(16-9)4-7(13)14/h6H,3-4H2,1-2H3,(H,13,14)(H,10,12,15)/p-1/b11-5-/t6-/m0/s1. The molecule has 0 radical (unpaired) electrons. The van der Waals surface area contributed by atoms with Crippen molar-refractivity contribution in [1.29, 1.82) is 0 Å². The molecule has 1 N–H and O–H groups in total. The van der Waals surface area contributed by atoms with E-state index in [1.807, 2.05) is 13.8 Å². The molecule has 0 spiro atoms. The average Bonchev–Trinajstić information content (AvgIpc) is 2.55. The van der Waals surface area contributed by atoms with Gasteiger partial charge in [-0.1, -0.05) is 18.7 Å². The summed E-state index contributed by atoms with van der Waals surface area (Å²) in [6.07, 6.45) is 0.462. The highest BCUT2D eigenvalue weighted by molar-refractivity contribution is 8.15. The lowest BCUT2D eigenvalue weighted by atomic mass is 10.3. The Balaban J connectivity index is 2.62. The maximum atomic E-state index is 11.3. The van der Waals surface area contributed by atoms with Gasteiger partial charge in [-0.15, -0.1) is 5.10 Å². The number of carboxylic acids is 1. The number of aliphatic carboxylic acids is 1. The monoisotopic (exact) mass is 242 g/mol. The summed E-state index contributed by atoms with van der Waals surface area (Å²) in [7, 11) is 0. The highest BCUT2D eigenvalue weighted by Crippen LogP contribution is 2.21. The highest BCUT2D eigenvalue weighted by atomic mass is 32.2. The Morgan fingerprint density at radius 1 is 1.62 bits per heavy atom. The van der Waals surface area contributed by atoms with Crippen LogP contribution >= 0.6 is 11.8 Å². The topological polar surface area (TPSA) is 94.0 Å². The van der Waals surface area contributed by atoms with Gasteiger partial charge in [0.15, 0.2) is 5.17 Å². The second kappa shape index (κ2) is 5.64. The van der Waals surface area contributed by atoms with Crippen LogP contribution in [-0.4, -0.2) is 28.0 Å². The van der Waals surface area contributed by atoms with Crippen LogP contribution in [0, 0.1) is 0 Å². The van der Waals surface area contributed by atoms with E-state index in [2.05, 4.69) is 15.5 Å². The van der Waals surface area contributed by atoms with Gasteiger partial charge in [0.05, 0.1) is 5.25 Å². The Kier molecular flexibility index (Phi) is 4.48. The van der Waals surface area contributed by atoms with Crippen LogP contribution in [0.15, 0.2) is 10.2 Å². The first kappa shape index (κ1) is 12.7. The number of nitrogens with zero attached hydrogens (tertiary/aromatic N) is 2. The number of rotatable bonds is 4. The molecule has 0 aliphatic carbocycles. The smallest absolute Gasteiger partial charge is 0.239 e. The van der Waals surface area contributed by atoms with Gasteiger partial charge in [-0.3, -0.25) is 4.79 Å². The molecule has 6 nitrogen and oxygen atoms in total. The molecule has 1 saturated heterocycles. The largest absolute Gasteiger partial charge is 0.550 e. The summed E-state index contributed by atoms with van der Waals surface area (Å²) in [6, 6.07) is 0. The number of carbonyl (C=O) groups excluding carboxylic acids is 2. The van der Waals surface area contributed by atoms with E-state index >= 15 is 0 Å². The van der Waals surface area contributed by atoms with Crippen molar-refractivity contribution in [1.82, 2.24) is 5.32 Å². The number of thioether (sulfide) groups is 1. The van der Waals surface area contributed by atoms with Crippen LogP contribution < -0.4 is 10.4 Å². The third-order valence-electron chi connectivity index (χ3n) is 1.95. The summed E-state index contributed by atoms with van der Waals surface area (Å²) < 4.78 is 0. The van der Waals surface area contributed by atoms with Gasteiger partial charge in [-0.25, -0.2) is 0 Å². The Hall–Kier alpha value is -1.37. The molecule has 0 unspecified atom stereocenters. The third-order valence-corrected chi connectivity index (χ3v) is 3.02. The highest BCUT2D eigenvalue weighted by Gasteiger charge is 2.30. The lowest BCUT2D eigenvalue weighted by Gasteiger charge is -2.04. The molecule has 0 saturated carbocycles. The number of hydrogen-bond acceptors (Lipinski definition) is 6. The molecule has 1 atom stereocenters. The summed E-state index contributed by atoms with van der Waals surface area (Å²) in [5.41, 5.74) is 0.839. The summed E-state index contributed by atoms with van der Waals surface area (Å²) in [4.78, 5) is 21.6. The van der Waals surface area contributed by atoms with Crippen molar-refractivity contribution < 1.29 is 14.7 Å². The number of amidine groups is 1. The van der Waals surface area contributed by atoms with Crippen molar-refractivity contribution in [2.75, 3.05) is 0 Å². The second-order valence-electron chi connectivity index (χ2n) is 3.27. The predicted molar refractivity (Wildman–Crippen MR) is 60.0 cm³/mol. The van der Waals surface area contributed by atoms with Gasteiger partial charge in [0.25, 0.3) is 0 Å². The Bertz CT molecular complexity index is 365. The lowest BCUT2D eigenvalue weighted by molar-refractivity contribution is -0.305. The molecule has 1 aliphatic rings. The molecule has 0 aromatic rings. The average molecular weight is 242 g/mol. The number of carbonyl (C=O) groups is 2. The molecule has 1 fully saturated rings. The van der Waals surface area contributed by atoms with Gasteiger partial charge in [0, 0.05) is 18.1 Å². The van der Waals surface area contributed by atoms with Crippen LogP contribution in [0.1, 0.15) is 26.7 Å². The molecule has 1 amide bonds. The SMILES string of the molecule is CC/C(C)=N\N=C1\NC(=O)[C@H](CC(=O)[O-])S1. The Morgan fingerprint density at radius 3 is 2.88 bits per heavy atom. The fourth-order valence-electron chi connectivity index (χ4n) is 0.939. The first-order valence-corrected chi connectivity index (χ1v) is 5.69. The maximum Gasteiger partial charge on any atom is 0.239 e. The predicted octanol–water partition coefficient (Wildman–Crippen LogP) is -0.500. The zero-order chi connectivity index (χ0) is 12.1. The van der Waals surface area contributed by atoms with E-state index in [1.165, 1.54) is 0 Å². The zero-order valence-electron chi connectivity index (χ0n) is 9.02. The van der Waals surface area contributed by atoms with Crippen molar-refractivity contribution in [3.8, 4) is 0 Å². The number of carboxylic acid groups (broad SMARTS) is 1. The first-order chi connectivity index (χ1) is 7.52. The van der Waals surface area contributed by atoms with Crippen molar-refractivity contribution in [3.63, 3.8) is 0 Å². The van der Waals surface area contributed by atoms with Crippen LogP contribution in [0.4, 0.5) is 0 Å². The quantitative estimate of drug-likeness (QED) is 0.531. The van der Waals surface area contributed by atoms with Gasteiger partial charge in [0.2, 0.25) is 5.91 Å². The van der Waals surface area contributed by atoms with E-state index in [-0.39, 0.29) is 12.3 Å². The molecule has 0 aromatic carbocycles. The number of amides is 1. The van der Waals surface area contributed by atoms with Gasteiger partial charge in [0.1, 0.15) is 0 Å². The van der Waals surface area contributed by atoms with Crippen molar-refractivity contribution >= 4 is 34.5 Å². The van der Waals surface area contributed by atoms with Crippen LogP contribution in [0.5, 0.6) is 0 Å². The third kappa shape index (κ3) is 3.65. The summed E-state index contributed by atoms with van der Waals surface area (Å²) in [5, 5.41) is 20.2. The normalized spacial score (nSPS) is 23.6. The van der Waals surface area contributed by atoms with E-state index in [4.69, 9.17) is 0 Å². The molecule has 7 heteroatoms. The van der Waals surface area contributed by atoms with E-state index in [1.54, 1.807) is 0 Å². The summed E-state index contributed by atoms with van der Waals surface area (Å²) in [5.74, 6) is -1.61. The molecule has 1 rings (SSSR count). The van der Waals surface area contributed by atoms with E-state index in [0.29, 0.717) is 5.17 Å². The minimum Gasteiger partial charge on any atom is -0.550 e. The molecule has 16 heavy (non-hydrogen) atoms. The van der Waals surface area contributed by atoms with E-state index < -0.39 is 11.2 Å². The molecule has 0 bridgehead atoms. The zero-order valence-corrected chi connectivity index (χ0v) is 9.84. The lowest BCUT2D eigenvalue weighted by Crippen LogP contribution is -2.31. The molecule has 1 heterocycles. The molecular formula is C9H12N3O3S-. The summed E-state index contributed by atoms with van der Waals surface area (Å²) in [6.45, 7) is 3.77. The molecular weight excluding hydrogens is 230 g/mol. The van der Waals surface area contributed by atoms with Crippen LogP contribution in [-0.2, 0) is 9.59 Å². The first-order valence-electron chi connectivity index (χ1n) is 4.81. The fraction of sp³-hybridized carbons (Fsp3) is 0.556. The van der Waals surface area contributed by atoms with Crippen molar-refractivity contribution in [3.05, 3.63) is 0 Å². The minimum absolute atomic E-state index is 0.313. The van der Waals surface area contributed by atoms with Crippen LogP contribution in [0.25, 0.3) is 0 Å². The van der Waals surface area contributed by atoms with E-state index in [9.17, 15) is 14.7 Å². The van der Waals surface area contributed by atoms with Crippen LogP contribution in [0.3, 0.4) is 0 Å². The second-order valence-corrected chi connectivity index (χ2v) is 4.46. The van der Waals surface area contributed by atoms with Gasteiger partial charge < -0.3 is 15.2 Å². The molecule has 1 aliphatic heterocycles. The Morgan fingerprint density at radius 2 is 2.31 bits per heavy atom. The molecule has 88 valence electrons. The Labute approximate surface area is 97.2 Å². The van der Waals surface area contributed by atoms with Crippen molar-refractivity contribution in [2.24, 2.45) is 10.2 Å². The van der Waals surface area contributed by atoms with Crippen molar-refractivity contribution in [2.45, 2.75) is 31.9 Å². The minimum atomic E-state index is -1.25. The molecule has 0 aromatic heterocycles.